The Bertz CT molecular complexity index is 646. The molecule has 0 aromatic carbocycles. The molecule has 0 fully saturated rings. The number of carbonyl (C=O) groups excluding carboxylic acids is 2. The van der Waals surface area contributed by atoms with Crippen LogP contribution in [0.2, 0.25) is 0 Å². The van der Waals surface area contributed by atoms with Gasteiger partial charge in [0.15, 0.2) is 0 Å². The first-order valence-corrected chi connectivity index (χ1v) is 18.6. The maximum Gasteiger partial charge on any atom is 0.469 e. The summed E-state index contributed by atoms with van der Waals surface area (Å²) in [4.78, 5) is 40.5. The third-order valence-electron chi connectivity index (χ3n) is 7.52. The smallest absolute Gasteiger partial charge is 0.468 e. The van der Waals surface area contributed by atoms with E-state index < -0.39 is 13.9 Å². The first kappa shape index (κ1) is 41.0. The fourth-order valence-electron chi connectivity index (χ4n) is 5.01. The lowest BCUT2D eigenvalue weighted by Crippen LogP contribution is -2.35. The molecular weight excluding hydrogens is 557 g/mol. The molecule has 0 aliphatic carbocycles. The molecule has 0 radical (unpaired) electrons. The van der Waals surface area contributed by atoms with Crippen LogP contribution >= 0.6 is 7.82 Å². The third kappa shape index (κ3) is 33.5. The highest BCUT2D eigenvalue weighted by molar-refractivity contribution is 7.46. The minimum absolute atomic E-state index is 0.314. The molecule has 0 aromatic rings. The van der Waals surface area contributed by atoms with Gasteiger partial charge in [-0.05, 0) is 25.8 Å². The van der Waals surface area contributed by atoms with Gasteiger partial charge in [-0.3, -0.25) is 14.1 Å². The van der Waals surface area contributed by atoms with Gasteiger partial charge in [0.25, 0.3) is 6.47 Å². The van der Waals surface area contributed by atoms with Gasteiger partial charge in [0.05, 0.1) is 13.2 Å². The highest BCUT2D eigenvalue weighted by Gasteiger charge is 2.21. The van der Waals surface area contributed by atoms with Crippen molar-refractivity contribution in [2.45, 2.75) is 167 Å². The van der Waals surface area contributed by atoms with Crippen LogP contribution in [0.1, 0.15) is 161 Å². The molecule has 0 aliphatic heterocycles. The summed E-state index contributed by atoms with van der Waals surface area (Å²) < 4.78 is 25.9. The summed E-state index contributed by atoms with van der Waals surface area (Å²) in [5, 5.41) is 3.25. The minimum atomic E-state index is -4.62. The second kappa shape index (κ2) is 31.4. The number of hydrogen-bond acceptors (Lipinski definition) is 7. The predicted molar refractivity (Wildman–Crippen MR) is 169 cm³/mol. The maximum atomic E-state index is 12.3. The van der Waals surface area contributed by atoms with Crippen LogP contribution in [0.4, 0.5) is 0 Å². The highest BCUT2D eigenvalue weighted by atomic mass is 31.2. The van der Waals surface area contributed by atoms with Crippen molar-refractivity contribution in [2.75, 3.05) is 26.3 Å². The summed E-state index contributed by atoms with van der Waals surface area (Å²) in [5.41, 5.74) is 0. The van der Waals surface area contributed by atoms with E-state index in [1.807, 2.05) is 0 Å². The van der Waals surface area contributed by atoms with E-state index in [0.717, 1.165) is 51.5 Å². The molecule has 0 aromatic heterocycles. The Balaban J connectivity index is 3.80. The molecule has 0 saturated heterocycles. The zero-order chi connectivity index (χ0) is 31.0. The van der Waals surface area contributed by atoms with Crippen LogP contribution in [0, 0.1) is 0 Å². The normalized spacial score (nSPS) is 12.4. The first-order chi connectivity index (χ1) is 20.4. The van der Waals surface area contributed by atoms with Crippen molar-refractivity contribution >= 4 is 20.3 Å². The maximum absolute atomic E-state index is 12.3. The van der Waals surface area contributed by atoms with Crippen molar-refractivity contribution in [2.24, 2.45) is 0 Å². The van der Waals surface area contributed by atoms with Crippen molar-refractivity contribution in [3.8, 4) is 0 Å². The number of nitrogens with one attached hydrogen (secondary N) is 1. The Morgan fingerprint density at radius 3 is 1.64 bits per heavy atom. The zero-order valence-electron chi connectivity index (χ0n) is 26.7. The van der Waals surface area contributed by atoms with Crippen molar-refractivity contribution in [3.63, 3.8) is 0 Å². The molecule has 0 saturated carbocycles. The molecule has 0 rings (SSSR count). The van der Waals surface area contributed by atoms with E-state index in [1.165, 1.54) is 103 Å². The van der Waals surface area contributed by atoms with Crippen LogP contribution in [0.15, 0.2) is 0 Å². The van der Waals surface area contributed by atoms with Crippen LogP contribution in [0.25, 0.3) is 0 Å². The zero-order valence-corrected chi connectivity index (χ0v) is 27.6. The fourth-order valence-corrected chi connectivity index (χ4v) is 5.37. The van der Waals surface area contributed by atoms with Gasteiger partial charge >= 0.3 is 13.8 Å². The second-order valence-electron chi connectivity index (χ2n) is 11.6. The van der Waals surface area contributed by atoms with E-state index in [2.05, 4.69) is 16.8 Å². The molecule has 0 spiro atoms. The molecule has 0 bridgehead atoms. The van der Waals surface area contributed by atoms with Gasteiger partial charge in [-0.2, -0.15) is 0 Å². The average Bonchev–Trinajstić information content (AvgIpc) is 2.95. The largest absolute Gasteiger partial charge is 0.469 e. The summed E-state index contributed by atoms with van der Waals surface area (Å²) in [6, 6.07) is 0. The molecule has 10 heteroatoms. The average molecular weight is 622 g/mol. The van der Waals surface area contributed by atoms with Gasteiger partial charge in [-0.25, -0.2) is 4.57 Å². The monoisotopic (exact) mass is 621 g/mol. The summed E-state index contributed by atoms with van der Waals surface area (Å²) in [6.07, 6.45) is 27.1. The van der Waals surface area contributed by atoms with Gasteiger partial charge in [0, 0.05) is 13.0 Å². The van der Waals surface area contributed by atoms with E-state index in [1.54, 1.807) is 0 Å². The number of hydrogen-bond donors (Lipinski definition) is 3. The molecule has 0 heterocycles. The molecular formula is C32H64NO8P. The van der Waals surface area contributed by atoms with E-state index in [0.29, 0.717) is 26.0 Å². The SMILES string of the molecule is CCCCCCCCCCCCCC(=O)O[C@@H](CNCCCCCCCCCCCCCCOC=O)COP(=O)(O)O. The summed E-state index contributed by atoms with van der Waals surface area (Å²) in [7, 11) is -4.62. The Morgan fingerprint density at radius 1 is 0.714 bits per heavy atom. The molecule has 0 amide bonds. The summed E-state index contributed by atoms with van der Waals surface area (Å²) in [6.45, 7) is 4.04. The Morgan fingerprint density at radius 2 is 1.17 bits per heavy atom. The fraction of sp³-hybridized carbons (Fsp3) is 0.938. The lowest BCUT2D eigenvalue weighted by molar-refractivity contribution is -0.150. The van der Waals surface area contributed by atoms with Crippen LogP contribution < -0.4 is 5.32 Å². The third-order valence-corrected chi connectivity index (χ3v) is 8.00. The van der Waals surface area contributed by atoms with Crippen molar-refractivity contribution < 1.29 is 37.9 Å². The quantitative estimate of drug-likeness (QED) is 0.0282. The van der Waals surface area contributed by atoms with Gasteiger partial charge in [0.1, 0.15) is 6.10 Å². The van der Waals surface area contributed by atoms with Crippen molar-refractivity contribution in [1.82, 2.24) is 5.32 Å². The highest BCUT2D eigenvalue weighted by Crippen LogP contribution is 2.35. The predicted octanol–water partition coefficient (Wildman–Crippen LogP) is 8.15. The van der Waals surface area contributed by atoms with Crippen LogP contribution in [0.3, 0.4) is 0 Å². The molecule has 42 heavy (non-hydrogen) atoms. The molecule has 0 unspecified atom stereocenters. The van der Waals surface area contributed by atoms with Gasteiger partial charge < -0.3 is 24.6 Å². The lowest BCUT2D eigenvalue weighted by atomic mass is 10.1. The topological polar surface area (TPSA) is 131 Å². The molecule has 250 valence electrons. The molecule has 9 nitrogen and oxygen atoms in total. The van der Waals surface area contributed by atoms with E-state index >= 15 is 0 Å². The lowest BCUT2D eigenvalue weighted by Gasteiger charge is -2.19. The molecule has 3 N–H and O–H groups in total. The van der Waals surface area contributed by atoms with Gasteiger partial charge in [-0.1, -0.05) is 135 Å². The number of rotatable bonds is 34. The number of phosphoric ester groups is 1. The molecule has 0 aliphatic rings. The minimum Gasteiger partial charge on any atom is -0.468 e. The van der Waals surface area contributed by atoms with Crippen molar-refractivity contribution in [3.05, 3.63) is 0 Å². The Hall–Kier alpha value is -0.990. The Kier molecular flexibility index (Phi) is 30.7. The number of phosphoric acid groups is 1. The van der Waals surface area contributed by atoms with Crippen molar-refractivity contribution in [1.29, 1.82) is 0 Å². The number of carbonyl (C=O) groups is 2. The number of unbranched alkanes of at least 4 members (excludes halogenated alkanes) is 21. The number of esters is 1. The number of ether oxygens (including phenoxy) is 2. The summed E-state index contributed by atoms with van der Waals surface area (Å²) in [5.74, 6) is -0.337. The molecule has 1 atom stereocenters. The summed E-state index contributed by atoms with van der Waals surface area (Å²) >= 11 is 0. The van der Waals surface area contributed by atoms with Gasteiger partial charge in [-0.15, -0.1) is 0 Å². The van der Waals surface area contributed by atoms with Crippen LogP contribution in [-0.4, -0.2) is 54.6 Å². The standard InChI is InChI=1S/C32H64NO8P/c1-2-3-4-5-6-7-10-13-16-19-22-25-32(35)41-31(29-40-42(36,37)38)28-33-26-23-20-17-14-11-8-9-12-15-18-21-24-27-39-30-34/h30-31,33H,2-29H2,1H3,(H2,36,37,38)/t31-/m0/s1. The first-order valence-electron chi connectivity index (χ1n) is 17.0. The Labute approximate surface area is 256 Å². The second-order valence-corrected chi connectivity index (χ2v) is 12.8. The van der Waals surface area contributed by atoms with E-state index in [4.69, 9.17) is 19.3 Å². The van der Waals surface area contributed by atoms with E-state index in [-0.39, 0.29) is 12.6 Å². The van der Waals surface area contributed by atoms with Gasteiger partial charge in [0.2, 0.25) is 0 Å². The van der Waals surface area contributed by atoms with E-state index in [9.17, 15) is 14.2 Å². The van der Waals surface area contributed by atoms with Crippen LogP contribution in [-0.2, 0) is 28.2 Å². The van der Waals surface area contributed by atoms with Crippen LogP contribution in [0.5, 0.6) is 0 Å².